The van der Waals surface area contributed by atoms with Gasteiger partial charge in [0.05, 0.1) is 0 Å². The highest BCUT2D eigenvalue weighted by Crippen LogP contribution is 2.18. The Morgan fingerprint density at radius 3 is 2.71 bits per heavy atom. The summed E-state index contributed by atoms with van der Waals surface area (Å²) in [5, 5.41) is 3.28. The van der Waals surface area contributed by atoms with Crippen molar-refractivity contribution in [3.63, 3.8) is 0 Å². The Bertz CT molecular complexity index is 458. The normalized spacial score (nSPS) is 15.9. The van der Waals surface area contributed by atoms with E-state index in [9.17, 15) is 9.18 Å². The Labute approximate surface area is 126 Å². The van der Waals surface area contributed by atoms with Crippen molar-refractivity contribution < 1.29 is 9.18 Å². The molecule has 1 aliphatic heterocycles. The SMILES string of the molecule is CCCCN(Cc1ccccc1F)C(=O)C1CCNCC1. The van der Waals surface area contributed by atoms with Gasteiger partial charge in [-0.3, -0.25) is 4.79 Å². The second-order valence-corrected chi connectivity index (χ2v) is 5.73. The zero-order chi connectivity index (χ0) is 15.1. The molecule has 1 N–H and O–H groups in total. The Morgan fingerprint density at radius 1 is 1.33 bits per heavy atom. The van der Waals surface area contributed by atoms with Gasteiger partial charge in [0.1, 0.15) is 5.82 Å². The molecule has 0 atom stereocenters. The van der Waals surface area contributed by atoms with E-state index in [0.717, 1.165) is 38.8 Å². The number of halogens is 1. The minimum absolute atomic E-state index is 0.0925. The lowest BCUT2D eigenvalue weighted by Gasteiger charge is -2.30. The second-order valence-electron chi connectivity index (χ2n) is 5.73. The minimum Gasteiger partial charge on any atom is -0.338 e. The molecule has 0 spiro atoms. The van der Waals surface area contributed by atoms with Crippen molar-refractivity contribution in [2.24, 2.45) is 5.92 Å². The molecule has 3 nitrogen and oxygen atoms in total. The van der Waals surface area contributed by atoms with Gasteiger partial charge in [0.2, 0.25) is 5.91 Å². The first kappa shape index (κ1) is 16.0. The Morgan fingerprint density at radius 2 is 2.05 bits per heavy atom. The number of rotatable bonds is 6. The summed E-state index contributed by atoms with van der Waals surface area (Å²) in [7, 11) is 0. The van der Waals surface area contributed by atoms with Crippen LogP contribution in [0.3, 0.4) is 0 Å². The molecule has 4 heteroatoms. The highest BCUT2D eigenvalue weighted by molar-refractivity contribution is 5.79. The van der Waals surface area contributed by atoms with Gasteiger partial charge in [-0.1, -0.05) is 31.5 Å². The van der Waals surface area contributed by atoms with E-state index >= 15 is 0 Å². The molecule has 116 valence electrons. The standard InChI is InChI=1S/C17H25FN2O/c1-2-3-12-20(13-15-6-4-5-7-16(15)18)17(21)14-8-10-19-11-9-14/h4-7,14,19H,2-3,8-13H2,1H3. The number of nitrogens with zero attached hydrogens (tertiary/aromatic N) is 1. The van der Waals surface area contributed by atoms with E-state index in [0.29, 0.717) is 18.7 Å². The fourth-order valence-electron chi connectivity index (χ4n) is 2.78. The van der Waals surface area contributed by atoms with Gasteiger partial charge in [0.15, 0.2) is 0 Å². The molecule has 0 aromatic heterocycles. The van der Waals surface area contributed by atoms with Gasteiger partial charge >= 0.3 is 0 Å². The predicted octanol–water partition coefficient (Wildman–Crippen LogP) is 2.95. The molecule has 1 aliphatic rings. The van der Waals surface area contributed by atoms with Crippen molar-refractivity contribution >= 4 is 5.91 Å². The number of piperidine rings is 1. The van der Waals surface area contributed by atoms with Crippen molar-refractivity contribution in [3.8, 4) is 0 Å². The molecule has 1 saturated heterocycles. The van der Waals surface area contributed by atoms with Crippen molar-refractivity contribution in [3.05, 3.63) is 35.6 Å². The van der Waals surface area contributed by atoms with E-state index < -0.39 is 0 Å². The van der Waals surface area contributed by atoms with Crippen LogP contribution in [0.15, 0.2) is 24.3 Å². The average molecular weight is 292 g/mol. The molecule has 0 unspecified atom stereocenters. The molecular formula is C17H25FN2O. The molecule has 0 saturated carbocycles. The van der Waals surface area contributed by atoms with Gasteiger partial charge in [0, 0.05) is 24.6 Å². The van der Waals surface area contributed by atoms with Crippen LogP contribution in [0.2, 0.25) is 0 Å². The van der Waals surface area contributed by atoms with Crippen LogP contribution in [0.1, 0.15) is 38.2 Å². The molecule has 1 aromatic rings. The van der Waals surface area contributed by atoms with Gasteiger partial charge in [-0.15, -0.1) is 0 Å². The van der Waals surface area contributed by atoms with Gasteiger partial charge in [-0.2, -0.15) is 0 Å². The number of nitrogens with one attached hydrogen (secondary N) is 1. The van der Waals surface area contributed by atoms with E-state index in [1.807, 2.05) is 11.0 Å². The van der Waals surface area contributed by atoms with Crippen LogP contribution in [0.4, 0.5) is 4.39 Å². The first-order valence-corrected chi connectivity index (χ1v) is 7.95. The monoisotopic (exact) mass is 292 g/mol. The number of amides is 1. The molecule has 0 bridgehead atoms. The third-order valence-electron chi connectivity index (χ3n) is 4.10. The van der Waals surface area contributed by atoms with Gasteiger partial charge in [-0.05, 0) is 38.4 Å². The summed E-state index contributed by atoms with van der Waals surface area (Å²) in [5.41, 5.74) is 0.607. The highest BCUT2D eigenvalue weighted by atomic mass is 19.1. The van der Waals surface area contributed by atoms with Crippen LogP contribution >= 0.6 is 0 Å². The summed E-state index contributed by atoms with van der Waals surface area (Å²) >= 11 is 0. The third-order valence-corrected chi connectivity index (χ3v) is 4.10. The number of hydrogen-bond acceptors (Lipinski definition) is 2. The van der Waals surface area contributed by atoms with Gasteiger partial charge < -0.3 is 10.2 Å². The maximum absolute atomic E-state index is 13.8. The Balaban J connectivity index is 2.06. The van der Waals surface area contributed by atoms with Gasteiger partial charge in [-0.25, -0.2) is 4.39 Å². The van der Waals surface area contributed by atoms with Crippen molar-refractivity contribution in [2.45, 2.75) is 39.2 Å². The van der Waals surface area contributed by atoms with Crippen LogP contribution in [-0.4, -0.2) is 30.4 Å². The van der Waals surface area contributed by atoms with Crippen molar-refractivity contribution in [1.82, 2.24) is 10.2 Å². The summed E-state index contributed by atoms with van der Waals surface area (Å²) in [5.74, 6) is 0.0557. The second kappa shape index (κ2) is 8.13. The molecule has 21 heavy (non-hydrogen) atoms. The van der Waals surface area contributed by atoms with Crippen molar-refractivity contribution in [1.29, 1.82) is 0 Å². The number of benzene rings is 1. The van der Waals surface area contributed by atoms with Crippen LogP contribution in [0, 0.1) is 11.7 Å². The predicted molar refractivity (Wildman–Crippen MR) is 82.3 cm³/mol. The van der Waals surface area contributed by atoms with E-state index in [1.165, 1.54) is 6.07 Å². The number of carbonyl (C=O) groups is 1. The molecule has 0 radical (unpaired) electrons. The van der Waals surface area contributed by atoms with Crippen LogP contribution in [0.25, 0.3) is 0 Å². The summed E-state index contributed by atoms with van der Waals surface area (Å²) in [6.07, 6.45) is 3.77. The van der Waals surface area contributed by atoms with Gasteiger partial charge in [0.25, 0.3) is 0 Å². The summed E-state index contributed by atoms with van der Waals surface area (Å²) in [6, 6.07) is 6.74. The van der Waals surface area contributed by atoms with Crippen LogP contribution in [0.5, 0.6) is 0 Å². The largest absolute Gasteiger partial charge is 0.338 e. The average Bonchev–Trinajstić information content (AvgIpc) is 2.53. The molecule has 2 rings (SSSR count). The zero-order valence-electron chi connectivity index (χ0n) is 12.8. The number of hydrogen-bond donors (Lipinski definition) is 1. The third kappa shape index (κ3) is 4.53. The fourth-order valence-corrected chi connectivity index (χ4v) is 2.78. The zero-order valence-corrected chi connectivity index (χ0v) is 12.8. The molecule has 1 amide bonds. The highest BCUT2D eigenvalue weighted by Gasteiger charge is 2.26. The summed E-state index contributed by atoms with van der Waals surface area (Å²) < 4.78 is 13.8. The first-order valence-electron chi connectivity index (χ1n) is 7.95. The first-order chi connectivity index (χ1) is 10.2. The smallest absolute Gasteiger partial charge is 0.226 e. The van der Waals surface area contributed by atoms with E-state index in [2.05, 4.69) is 12.2 Å². The molecular weight excluding hydrogens is 267 g/mol. The number of unbranched alkanes of at least 4 members (excludes halogenated alkanes) is 1. The Hall–Kier alpha value is -1.42. The van der Waals surface area contributed by atoms with Crippen molar-refractivity contribution in [2.75, 3.05) is 19.6 Å². The fraction of sp³-hybridized carbons (Fsp3) is 0.588. The minimum atomic E-state index is -0.225. The van der Waals surface area contributed by atoms with Crippen LogP contribution < -0.4 is 5.32 Å². The topological polar surface area (TPSA) is 32.3 Å². The van der Waals surface area contributed by atoms with E-state index in [1.54, 1.807) is 12.1 Å². The van der Waals surface area contributed by atoms with Crippen LogP contribution in [-0.2, 0) is 11.3 Å². The van der Waals surface area contributed by atoms with E-state index in [4.69, 9.17) is 0 Å². The Kier molecular flexibility index (Phi) is 6.18. The maximum Gasteiger partial charge on any atom is 0.226 e. The summed E-state index contributed by atoms with van der Waals surface area (Å²) in [4.78, 5) is 14.5. The molecule has 0 aliphatic carbocycles. The molecule has 1 fully saturated rings. The quantitative estimate of drug-likeness (QED) is 0.874. The lowest BCUT2D eigenvalue weighted by atomic mass is 9.96. The number of carbonyl (C=O) groups excluding carboxylic acids is 1. The maximum atomic E-state index is 13.8. The molecule has 1 heterocycles. The summed E-state index contributed by atoms with van der Waals surface area (Å²) in [6.45, 7) is 5.01. The lowest BCUT2D eigenvalue weighted by Crippen LogP contribution is -2.41. The van der Waals surface area contributed by atoms with E-state index in [-0.39, 0.29) is 17.6 Å². The molecule has 1 aromatic carbocycles. The lowest BCUT2D eigenvalue weighted by molar-refractivity contribution is -0.137.